The Balaban J connectivity index is 2.44. The Hall–Kier alpha value is -2.19. The van der Waals surface area contributed by atoms with Crippen LogP contribution in [0.3, 0.4) is 0 Å². The van der Waals surface area contributed by atoms with Crippen LogP contribution in [0.1, 0.15) is 194 Å². The van der Waals surface area contributed by atoms with Crippen molar-refractivity contribution in [2.24, 2.45) is 0 Å². The molecule has 1 aliphatic carbocycles. The van der Waals surface area contributed by atoms with Crippen molar-refractivity contribution in [2.75, 3.05) is 13.2 Å². The molecule has 1 aliphatic rings. The van der Waals surface area contributed by atoms with Gasteiger partial charge in [0.2, 0.25) is 0 Å². The maximum atomic E-state index is 12.8. The van der Waals surface area contributed by atoms with E-state index in [2.05, 4.69) is 62.5 Å². The average Bonchev–Trinajstić information content (AvgIpc) is 3.26. The van der Waals surface area contributed by atoms with Crippen LogP contribution in [0.4, 0.5) is 0 Å². The Bertz CT molecular complexity index is 1290. The summed E-state index contributed by atoms with van der Waals surface area (Å²) in [5, 5.41) is 50.2. The highest BCUT2D eigenvalue weighted by Crippen LogP contribution is 2.47. The first-order valence-corrected chi connectivity index (χ1v) is 25.9. The predicted molar refractivity (Wildman–Crippen MR) is 249 cm³/mol. The van der Waals surface area contributed by atoms with E-state index in [0.29, 0.717) is 12.8 Å². The largest absolute Gasteiger partial charge is 0.472 e. The lowest BCUT2D eigenvalue weighted by molar-refractivity contribution is -0.220. The van der Waals surface area contributed by atoms with E-state index in [0.717, 1.165) is 64.2 Å². The molecule has 1 saturated carbocycles. The van der Waals surface area contributed by atoms with Gasteiger partial charge < -0.3 is 39.9 Å². The van der Waals surface area contributed by atoms with Gasteiger partial charge in [0.1, 0.15) is 43.2 Å². The van der Waals surface area contributed by atoms with Crippen LogP contribution in [0.25, 0.3) is 0 Å². The van der Waals surface area contributed by atoms with Crippen molar-refractivity contribution in [3.05, 3.63) is 48.6 Å². The lowest BCUT2D eigenvalue weighted by atomic mass is 9.85. The zero-order valence-electron chi connectivity index (χ0n) is 38.9. The van der Waals surface area contributed by atoms with Gasteiger partial charge in [-0.1, -0.05) is 152 Å². The minimum absolute atomic E-state index is 0.0526. The smallest absolute Gasteiger partial charge is 0.462 e. The third-order valence-corrected chi connectivity index (χ3v) is 12.1. The molecule has 8 atom stereocenters. The van der Waals surface area contributed by atoms with Gasteiger partial charge in [-0.2, -0.15) is 0 Å². The Morgan fingerprint density at radius 2 is 0.857 bits per heavy atom. The Morgan fingerprint density at radius 3 is 1.35 bits per heavy atom. The number of ether oxygens (including phenoxy) is 2. The number of phosphoric acid groups is 1. The van der Waals surface area contributed by atoms with E-state index < -0.39 is 75.7 Å². The van der Waals surface area contributed by atoms with E-state index in [-0.39, 0.29) is 12.8 Å². The predicted octanol–water partition coefficient (Wildman–Crippen LogP) is 9.95. The molecule has 1 fully saturated rings. The molecular weight excluding hydrogens is 827 g/mol. The normalized spacial score (nSPS) is 22.1. The van der Waals surface area contributed by atoms with Crippen molar-refractivity contribution < 1.29 is 63.1 Å². The van der Waals surface area contributed by atoms with Gasteiger partial charge in [-0.15, -0.1) is 0 Å². The highest BCUT2D eigenvalue weighted by atomic mass is 31.2. The van der Waals surface area contributed by atoms with E-state index in [9.17, 15) is 44.6 Å². The second kappa shape index (κ2) is 39.0. The third-order valence-electron chi connectivity index (χ3n) is 11.1. The summed E-state index contributed by atoms with van der Waals surface area (Å²) in [5.41, 5.74) is 0. The molecule has 0 radical (unpaired) electrons. The Morgan fingerprint density at radius 1 is 0.492 bits per heavy atom. The first kappa shape index (κ1) is 58.8. The van der Waals surface area contributed by atoms with Gasteiger partial charge in [0.15, 0.2) is 6.10 Å². The average molecular weight is 915 g/mol. The zero-order chi connectivity index (χ0) is 46.4. The van der Waals surface area contributed by atoms with E-state index in [1.165, 1.54) is 89.9 Å². The molecule has 366 valence electrons. The van der Waals surface area contributed by atoms with Gasteiger partial charge in [-0.3, -0.25) is 18.6 Å². The Labute approximate surface area is 380 Å². The van der Waals surface area contributed by atoms with E-state index in [1.54, 1.807) is 0 Å². The third kappa shape index (κ3) is 31.4. The minimum Gasteiger partial charge on any atom is -0.462 e. The molecule has 0 saturated heterocycles. The molecule has 14 heteroatoms. The summed E-state index contributed by atoms with van der Waals surface area (Å²) in [6, 6.07) is 0. The first-order chi connectivity index (χ1) is 30.4. The summed E-state index contributed by atoms with van der Waals surface area (Å²) in [5.74, 6) is -1.14. The molecule has 6 N–H and O–H groups in total. The fourth-order valence-corrected chi connectivity index (χ4v) is 8.14. The number of aliphatic hydroxyl groups is 5. The van der Waals surface area contributed by atoms with Gasteiger partial charge in [-0.05, 0) is 77.0 Å². The van der Waals surface area contributed by atoms with Gasteiger partial charge >= 0.3 is 19.8 Å². The number of rotatable bonds is 40. The highest BCUT2D eigenvalue weighted by molar-refractivity contribution is 7.47. The molecule has 0 amide bonds. The molecule has 13 nitrogen and oxygen atoms in total. The van der Waals surface area contributed by atoms with Crippen LogP contribution >= 0.6 is 7.82 Å². The summed E-state index contributed by atoms with van der Waals surface area (Å²) in [4.78, 5) is 35.7. The quantitative estimate of drug-likeness (QED) is 0.0147. The van der Waals surface area contributed by atoms with E-state index in [1.807, 2.05) is 0 Å². The lowest BCUT2D eigenvalue weighted by Gasteiger charge is -2.41. The first-order valence-electron chi connectivity index (χ1n) is 24.4. The summed E-state index contributed by atoms with van der Waals surface area (Å²) < 4.78 is 33.5. The number of carbonyl (C=O) groups is 2. The molecule has 1 rings (SSSR count). The number of unbranched alkanes of at least 4 members (excludes halogenated alkanes) is 20. The topological polar surface area (TPSA) is 210 Å². The fourth-order valence-electron chi connectivity index (χ4n) is 7.17. The number of phosphoric ester groups is 1. The van der Waals surface area contributed by atoms with Gasteiger partial charge in [0.05, 0.1) is 6.61 Å². The summed E-state index contributed by atoms with van der Waals surface area (Å²) >= 11 is 0. The molecular formula is C49H87O13P. The van der Waals surface area contributed by atoms with Gasteiger partial charge in [0.25, 0.3) is 0 Å². The van der Waals surface area contributed by atoms with Gasteiger partial charge in [-0.25, -0.2) is 4.57 Å². The number of aliphatic hydroxyl groups excluding tert-OH is 5. The maximum absolute atomic E-state index is 12.8. The molecule has 0 heterocycles. The second-order valence-electron chi connectivity index (χ2n) is 17.0. The minimum atomic E-state index is -5.13. The summed E-state index contributed by atoms with van der Waals surface area (Å²) in [7, 11) is -5.13. The van der Waals surface area contributed by atoms with Gasteiger partial charge in [0, 0.05) is 12.8 Å². The molecule has 0 aromatic heterocycles. The maximum Gasteiger partial charge on any atom is 0.472 e. The lowest BCUT2D eigenvalue weighted by Crippen LogP contribution is -2.64. The number of esters is 2. The summed E-state index contributed by atoms with van der Waals surface area (Å²) in [6.07, 6.45) is 33.0. The monoisotopic (exact) mass is 915 g/mol. The van der Waals surface area contributed by atoms with Crippen molar-refractivity contribution in [1.29, 1.82) is 0 Å². The standard InChI is InChI=1S/C49H87O13P/c1-3-5-7-9-11-13-15-17-19-20-21-22-24-25-27-29-31-33-35-37-42(50)59-39-41(40-60-63(57,58)62-49-47(55)45(53)44(52)46(54)48(49)56)61-43(51)38-36-34-32-30-28-26-23-18-16-14-12-10-8-6-4-2/h11,13,17-19,23,28,30,41,44-49,52-56H,3-10,12,14-16,20-22,24-27,29,31-40H2,1-2H3,(H,57,58)/b13-11+,19-17+,23-18+,30-28+/t41-,44?,45-,46?,47?,48?,49?/m0/s1. The molecule has 0 aromatic rings. The van der Waals surface area contributed by atoms with E-state index >= 15 is 0 Å². The van der Waals surface area contributed by atoms with E-state index in [4.69, 9.17) is 18.5 Å². The highest BCUT2D eigenvalue weighted by Gasteiger charge is 2.51. The van der Waals surface area contributed by atoms with Crippen LogP contribution in [-0.4, -0.2) is 98.3 Å². The zero-order valence-corrected chi connectivity index (χ0v) is 39.8. The van der Waals surface area contributed by atoms with Crippen molar-refractivity contribution >= 4 is 19.8 Å². The summed E-state index contributed by atoms with van der Waals surface area (Å²) in [6.45, 7) is 3.24. The molecule has 6 unspecified atom stereocenters. The number of carbonyl (C=O) groups excluding carboxylic acids is 2. The molecule has 0 aliphatic heterocycles. The fraction of sp³-hybridized carbons (Fsp3) is 0.796. The van der Waals surface area contributed by atoms with Crippen molar-refractivity contribution in [3.63, 3.8) is 0 Å². The number of allylic oxidation sites excluding steroid dienone is 8. The van der Waals surface area contributed by atoms with Crippen molar-refractivity contribution in [2.45, 2.75) is 236 Å². The molecule has 0 spiro atoms. The molecule has 63 heavy (non-hydrogen) atoms. The SMILES string of the molecule is CCCCC/C=C/C/C=C/CCCCCCCCCCCC(=O)OC[C@@H](COP(=O)(O)OC1C(O)C(O)C(O)[C@H](O)C1O)OC(=O)CCCC/C=C/C/C=C/CCCCCCCC. The molecule has 0 aromatic carbocycles. The van der Waals surface area contributed by atoms with Crippen molar-refractivity contribution in [3.8, 4) is 0 Å². The number of hydrogen-bond donors (Lipinski definition) is 6. The second-order valence-corrected chi connectivity index (χ2v) is 18.4. The van der Waals surface area contributed by atoms with Crippen molar-refractivity contribution in [1.82, 2.24) is 0 Å². The van der Waals surface area contributed by atoms with Crippen LogP contribution in [-0.2, 0) is 32.7 Å². The number of hydrogen-bond acceptors (Lipinski definition) is 12. The van der Waals surface area contributed by atoms with Crippen LogP contribution in [0.2, 0.25) is 0 Å². The van der Waals surface area contributed by atoms with Crippen LogP contribution in [0.15, 0.2) is 48.6 Å². The van der Waals surface area contributed by atoms with Crippen LogP contribution in [0.5, 0.6) is 0 Å². The Kier molecular flexibility index (Phi) is 36.4. The van der Waals surface area contributed by atoms with Crippen LogP contribution in [0, 0.1) is 0 Å². The molecule has 0 bridgehead atoms. The van der Waals surface area contributed by atoms with Crippen LogP contribution < -0.4 is 0 Å².